The second-order valence-electron chi connectivity index (χ2n) is 6.71. The van der Waals surface area contributed by atoms with E-state index in [-0.39, 0.29) is 34.5 Å². The molecule has 0 N–H and O–H groups in total. The van der Waals surface area contributed by atoms with Crippen molar-refractivity contribution >= 4 is 29.1 Å². The van der Waals surface area contributed by atoms with Crippen molar-refractivity contribution in [3.8, 4) is 11.5 Å². The Labute approximate surface area is 159 Å². The third-order valence-corrected chi connectivity index (χ3v) is 4.85. The second kappa shape index (κ2) is 5.85. The first-order valence-corrected chi connectivity index (χ1v) is 8.77. The van der Waals surface area contributed by atoms with E-state index in [2.05, 4.69) is 9.97 Å². The summed E-state index contributed by atoms with van der Waals surface area (Å²) < 4.78 is 11.2. The van der Waals surface area contributed by atoms with Gasteiger partial charge in [0.1, 0.15) is 0 Å². The predicted molar refractivity (Wildman–Crippen MR) is 102 cm³/mol. The van der Waals surface area contributed by atoms with E-state index in [1.807, 2.05) is 56.3 Å². The summed E-state index contributed by atoms with van der Waals surface area (Å²) in [5.74, 6) is -0.115. The third kappa shape index (κ3) is 2.35. The Bertz CT molecular complexity index is 1230. The van der Waals surface area contributed by atoms with Gasteiger partial charge in [0.25, 0.3) is 11.4 Å². The lowest BCUT2D eigenvalue weighted by Gasteiger charge is -2.03. The number of benzene rings is 2. The van der Waals surface area contributed by atoms with Gasteiger partial charge in [0.2, 0.25) is 11.8 Å². The van der Waals surface area contributed by atoms with E-state index in [9.17, 15) is 9.59 Å². The molecule has 6 heteroatoms. The zero-order chi connectivity index (χ0) is 19.4. The SMILES string of the molecule is Cc1ccc(C)c2c1C(=O)C(=Cc1nc3oc(-c4ccccc4)nc3o1)C2=O. The molecule has 4 aromatic rings. The number of hydrogen-bond donors (Lipinski definition) is 0. The molecule has 136 valence electrons. The van der Waals surface area contributed by atoms with Gasteiger partial charge >= 0.3 is 0 Å². The number of ketones is 2. The summed E-state index contributed by atoms with van der Waals surface area (Å²) in [4.78, 5) is 34.1. The lowest BCUT2D eigenvalue weighted by atomic mass is 9.99. The minimum atomic E-state index is -0.311. The van der Waals surface area contributed by atoms with Gasteiger partial charge in [0, 0.05) is 22.8 Å². The van der Waals surface area contributed by atoms with Crippen molar-refractivity contribution < 1.29 is 18.4 Å². The highest BCUT2D eigenvalue weighted by Crippen LogP contribution is 2.33. The molecule has 0 aliphatic heterocycles. The summed E-state index contributed by atoms with van der Waals surface area (Å²) >= 11 is 0. The van der Waals surface area contributed by atoms with E-state index >= 15 is 0 Å². The van der Waals surface area contributed by atoms with Gasteiger partial charge in [0.05, 0.1) is 5.57 Å². The molecule has 0 saturated carbocycles. The number of hydrogen-bond acceptors (Lipinski definition) is 6. The molecule has 0 amide bonds. The number of fused-ring (bicyclic) bond motifs is 2. The lowest BCUT2D eigenvalue weighted by molar-refractivity contribution is 0.0990. The molecule has 2 aromatic carbocycles. The van der Waals surface area contributed by atoms with Crippen LogP contribution in [-0.4, -0.2) is 21.5 Å². The minimum Gasteiger partial charge on any atom is -0.415 e. The van der Waals surface area contributed by atoms with Crippen LogP contribution in [0, 0.1) is 13.8 Å². The van der Waals surface area contributed by atoms with Crippen molar-refractivity contribution in [3.05, 3.63) is 76.2 Å². The van der Waals surface area contributed by atoms with Crippen LogP contribution in [0.3, 0.4) is 0 Å². The molecule has 6 nitrogen and oxygen atoms in total. The topological polar surface area (TPSA) is 86.2 Å². The monoisotopic (exact) mass is 370 g/mol. The van der Waals surface area contributed by atoms with Gasteiger partial charge in [-0.05, 0) is 37.1 Å². The molecule has 28 heavy (non-hydrogen) atoms. The molecule has 2 heterocycles. The van der Waals surface area contributed by atoms with Gasteiger partial charge in [-0.15, -0.1) is 0 Å². The number of allylic oxidation sites excluding steroid dienone is 1. The fourth-order valence-electron chi connectivity index (χ4n) is 3.45. The first-order valence-electron chi connectivity index (χ1n) is 8.77. The fraction of sp³-hybridized carbons (Fsp3) is 0.0909. The molecular formula is C22H14N2O4. The van der Waals surface area contributed by atoms with Crippen molar-refractivity contribution in [3.63, 3.8) is 0 Å². The molecule has 0 unspecified atom stereocenters. The number of Topliss-reactive ketones (excluding diaryl/α,β-unsaturated/α-hetero) is 2. The smallest absolute Gasteiger partial charge is 0.288 e. The molecular weight excluding hydrogens is 356 g/mol. The van der Waals surface area contributed by atoms with Crippen LogP contribution >= 0.6 is 0 Å². The molecule has 1 aliphatic carbocycles. The normalized spacial score (nSPS) is 13.4. The van der Waals surface area contributed by atoms with Crippen molar-refractivity contribution in [2.45, 2.75) is 13.8 Å². The van der Waals surface area contributed by atoms with Gasteiger partial charge in [0.15, 0.2) is 11.6 Å². The zero-order valence-corrected chi connectivity index (χ0v) is 15.1. The van der Waals surface area contributed by atoms with Crippen LogP contribution in [0.5, 0.6) is 0 Å². The van der Waals surface area contributed by atoms with Crippen LogP contribution in [0.15, 0.2) is 56.9 Å². The summed E-state index contributed by atoms with van der Waals surface area (Å²) in [6.45, 7) is 3.64. The maximum atomic E-state index is 12.8. The van der Waals surface area contributed by atoms with Gasteiger partial charge in [-0.3, -0.25) is 9.59 Å². The van der Waals surface area contributed by atoms with E-state index in [4.69, 9.17) is 8.83 Å². The Morgan fingerprint density at radius 2 is 1.39 bits per heavy atom. The number of rotatable bonds is 2. The van der Waals surface area contributed by atoms with E-state index in [1.165, 1.54) is 6.08 Å². The number of carbonyl (C=O) groups excluding carboxylic acids is 2. The van der Waals surface area contributed by atoms with Crippen molar-refractivity contribution in [1.82, 2.24) is 9.97 Å². The predicted octanol–water partition coefficient (Wildman–Crippen LogP) is 4.56. The van der Waals surface area contributed by atoms with Crippen molar-refractivity contribution in [1.29, 1.82) is 0 Å². The van der Waals surface area contributed by atoms with Crippen LogP contribution in [0.2, 0.25) is 0 Å². The summed E-state index contributed by atoms with van der Waals surface area (Å²) in [7, 11) is 0. The Kier molecular flexibility index (Phi) is 3.42. The summed E-state index contributed by atoms with van der Waals surface area (Å²) in [6.07, 6.45) is 1.36. The maximum absolute atomic E-state index is 12.8. The molecule has 0 fully saturated rings. The molecule has 5 rings (SSSR count). The molecule has 2 aromatic heterocycles. The van der Waals surface area contributed by atoms with Crippen molar-refractivity contribution in [2.75, 3.05) is 0 Å². The number of aryl methyl sites for hydroxylation is 2. The summed E-state index contributed by atoms with van der Waals surface area (Å²) in [6, 6.07) is 13.1. The Morgan fingerprint density at radius 3 is 2.00 bits per heavy atom. The molecule has 1 aliphatic rings. The number of aromatic nitrogens is 2. The van der Waals surface area contributed by atoms with Gasteiger partial charge in [-0.1, -0.05) is 30.3 Å². The molecule has 0 radical (unpaired) electrons. The minimum absolute atomic E-state index is 0.0413. The highest BCUT2D eigenvalue weighted by molar-refractivity contribution is 6.42. The van der Waals surface area contributed by atoms with Crippen LogP contribution < -0.4 is 0 Å². The van der Waals surface area contributed by atoms with Gasteiger partial charge in [-0.25, -0.2) is 0 Å². The maximum Gasteiger partial charge on any atom is 0.288 e. The van der Waals surface area contributed by atoms with Crippen LogP contribution in [0.1, 0.15) is 37.7 Å². The molecule has 0 saturated heterocycles. The number of nitrogens with zero attached hydrogens (tertiary/aromatic N) is 2. The first-order chi connectivity index (χ1) is 13.5. The molecule has 0 bridgehead atoms. The fourth-order valence-corrected chi connectivity index (χ4v) is 3.45. The number of carbonyl (C=O) groups is 2. The summed E-state index contributed by atoms with van der Waals surface area (Å²) in [5, 5.41) is 0. The highest BCUT2D eigenvalue weighted by Gasteiger charge is 2.36. The quantitative estimate of drug-likeness (QED) is 0.380. The molecule has 0 atom stereocenters. The van der Waals surface area contributed by atoms with E-state index in [1.54, 1.807) is 0 Å². The van der Waals surface area contributed by atoms with E-state index < -0.39 is 0 Å². The zero-order valence-electron chi connectivity index (χ0n) is 15.1. The summed E-state index contributed by atoms with van der Waals surface area (Å²) in [5.41, 5.74) is 3.74. The standard InChI is InChI=1S/C22H14N2O4/c1-11-8-9-12(2)17-16(11)18(25)14(19(17)26)10-15-23-21-22(27-15)24-20(28-21)13-6-4-3-5-7-13/h3-10H,1-2H3. The Balaban J connectivity index is 1.55. The lowest BCUT2D eigenvalue weighted by Crippen LogP contribution is -2.01. The first kappa shape index (κ1) is 16.4. The van der Waals surface area contributed by atoms with Crippen LogP contribution in [0.25, 0.3) is 29.0 Å². The number of oxazole rings is 2. The van der Waals surface area contributed by atoms with E-state index in [0.717, 1.165) is 16.7 Å². The second-order valence-corrected chi connectivity index (χ2v) is 6.71. The average molecular weight is 370 g/mol. The van der Waals surface area contributed by atoms with Crippen molar-refractivity contribution in [2.24, 2.45) is 0 Å². The van der Waals surface area contributed by atoms with Crippen LogP contribution in [0.4, 0.5) is 0 Å². The van der Waals surface area contributed by atoms with E-state index in [0.29, 0.717) is 17.0 Å². The van der Waals surface area contributed by atoms with Gasteiger partial charge in [-0.2, -0.15) is 9.97 Å². The largest absolute Gasteiger partial charge is 0.415 e. The average Bonchev–Trinajstić information content (AvgIpc) is 3.32. The Morgan fingerprint density at radius 1 is 0.786 bits per heavy atom. The third-order valence-electron chi connectivity index (χ3n) is 4.85. The Hall–Kier alpha value is -3.80. The van der Waals surface area contributed by atoms with Crippen LogP contribution in [-0.2, 0) is 0 Å². The highest BCUT2D eigenvalue weighted by atomic mass is 16.4. The molecule has 0 spiro atoms. The van der Waals surface area contributed by atoms with Gasteiger partial charge < -0.3 is 8.83 Å².